The molecule has 1 amide bonds. The van der Waals surface area contributed by atoms with Crippen molar-refractivity contribution in [2.24, 2.45) is 0 Å². The smallest absolute Gasteiger partial charge is 0.295 e. The van der Waals surface area contributed by atoms with Gasteiger partial charge in [0.2, 0.25) is 5.76 Å². The molecular formula is C27H22FNO3. The van der Waals surface area contributed by atoms with Gasteiger partial charge in [0.05, 0.1) is 17.0 Å². The molecule has 0 saturated heterocycles. The summed E-state index contributed by atoms with van der Waals surface area (Å²) >= 11 is 0. The number of anilines is 1. The summed E-state index contributed by atoms with van der Waals surface area (Å²) in [6.45, 7) is 6.38. The fraction of sp³-hybridized carbons (Fsp3) is 0.185. The molecule has 1 aliphatic rings. The van der Waals surface area contributed by atoms with E-state index in [1.54, 1.807) is 4.90 Å². The van der Waals surface area contributed by atoms with Crippen LogP contribution in [0.3, 0.4) is 0 Å². The summed E-state index contributed by atoms with van der Waals surface area (Å²) in [6.07, 6.45) is 0. The standard InChI is InChI=1S/C27H22FNO3/c1-27(2,3)17-11-9-16(10-12-17)23-22-24(30)20-15-18(28)13-14-21(20)32-25(22)26(31)29(23)19-7-5-4-6-8-19/h4-15,23H,1-3H3. The summed E-state index contributed by atoms with van der Waals surface area (Å²) in [6, 6.07) is 20.2. The van der Waals surface area contributed by atoms with Crippen molar-refractivity contribution in [1.29, 1.82) is 0 Å². The van der Waals surface area contributed by atoms with Gasteiger partial charge in [0, 0.05) is 5.69 Å². The van der Waals surface area contributed by atoms with Gasteiger partial charge in [-0.25, -0.2) is 4.39 Å². The second kappa shape index (κ2) is 7.16. The Morgan fingerprint density at radius 1 is 0.906 bits per heavy atom. The summed E-state index contributed by atoms with van der Waals surface area (Å²) < 4.78 is 19.8. The van der Waals surface area contributed by atoms with E-state index in [1.807, 2.05) is 54.6 Å². The third kappa shape index (κ3) is 3.12. The number of hydrogen-bond acceptors (Lipinski definition) is 3. The van der Waals surface area contributed by atoms with Crippen molar-refractivity contribution < 1.29 is 13.6 Å². The van der Waals surface area contributed by atoms with Gasteiger partial charge < -0.3 is 4.42 Å². The minimum absolute atomic E-state index is 0.00265. The first-order valence-electron chi connectivity index (χ1n) is 10.5. The zero-order chi connectivity index (χ0) is 22.6. The van der Waals surface area contributed by atoms with E-state index in [2.05, 4.69) is 20.8 Å². The van der Waals surface area contributed by atoms with Crippen LogP contribution in [0.15, 0.2) is 82.0 Å². The van der Waals surface area contributed by atoms with E-state index >= 15 is 0 Å². The van der Waals surface area contributed by atoms with Crippen LogP contribution in [-0.2, 0) is 5.41 Å². The highest BCUT2D eigenvalue weighted by atomic mass is 19.1. The Labute approximate surface area is 184 Å². The molecule has 0 bridgehead atoms. The van der Waals surface area contributed by atoms with Crippen LogP contribution in [0, 0.1) is 5.82 Å². The number of hydrogen-bond donors (Lipinski definition) is 0. The first kappa shape index (κ1) is 20.2. The summed E-state index contributed by atoms with van der Waals surface area (Å²) in [5.74, 6) is -0.914. The van der Waals surface area contributed by atoms with Gasteiger partial charge in [-0.05, 0) is 46.9 Å². The van der Waals surface area contributed by atoms with Crippen molar-refractivity contribution in [3.8, 4) is 0 Å². The van der Waals surface area contributed by atoms with Crippen LogP contribution in [0.1, 0.15) is 54.1 Å². The van der Waals surface area contributed by atoms with Crippen LogP contribution < -0.4 is 10.3 Å². The molecule has 1 atom stereocenters. The van der Waals surface area contributed by atoms with Crippen LogP contribution in [0.5, 0.6) is 0 Å². The quantitative estimate of drug-likeness (QED) is 0.395. The predicted molar refractivity (Wildman–Crippen MR) is 123 cm³/mol. The summed E-state index contributed by atoms with van der Waals surface area (Å²) in [5, 5.41) is 0.128. The number of amides is 1. The Kier molecular flexibility index (Phi) is 4.52. The normalized spacial score (nSPS) is 15.9. The minimum Gasteiger partial charge on any atom is -0.450 e. The SMILES string of the molecule is CC(C)(C)c1ccc(C2c3c(oc4ccc(F)cc4c3=O)C(=O)N2c2ccccc2)cc1. The van der Waals surface area contributed by atoms with Gasteiger partial charge >= 0.3 is 0 Å². The van der Waals surface area contributed by atoms with Gasteiger partial charge in [0.25, 0.3) is 5.91 Å². The topological polar surface area (TPSA) is 50.5 Å². The molecule has 160 valence electrons. The van der Waals surface area contributed by atoms with Crippen LogP contribution in [0.2, 0.25) is 0 Å². The van der Waals surface area contributed by atoms with Gasteiger partial charge in [-0.1, -0.05) is 63.2 Å². The van der Waals surface area contributed by atoms with E-state index in [-0.39, 0.29) is 33.6 Å². The zero-order valence-electron chi connectivity index (χ0n) is 18.1. The molecule has 0 saturated carbocycles. The number of para-hydroxylation sites is 1. The van der Waals surface area contributed by atoms with Gasteiger partial charge in [-0.15, -0.1) is 0 Å². The Morgan fingerprint density at radius 2 is 1.59 bits per heavy atom. The lowest BCUT2D eigenvalue weighted by atomic mass is 9.86. The summed E-state index contributed by atoms with van der Waals surface area (Å²) in [5.41, 5.74) is 2.59. The maximum absolute atomic E-state index is 13.9. The van der Waals surface area contributed by atoms with Crippen molar-refractivity contribution in [3.63, 3.8) is 0 Å². The van der Waals surface area contributed by atoms with Gasteiger partial charge in [0.15, 0.2) is 5.43 Å². The second-order valence-corrected chi connectivity index (χ2v) is 9.10. The van der Waals surface area contributed by atoms with Crippen molar-refractivity contribution in [3.05, 3.63) is 111 Å². The lowest BCUT2D eigenvalue weighted by Gasteiger charge is -2.26. The fourth-order valence-corrected chi connectivity index (χ4v) is 4.28. The highest BCUT2D eigenvalue weighted by Crippen LogP contribution is 2.41. The maximum Gasteiger partial charge on any atom is 0.295 e. The molecule has 1 unspecified atom stereocenters. The number of rotatable bonds is 2. The zero-order valence-corrected chi connectivity index (χ0v) is 18.1. The van der Waals surface area contributed by atoms with Gasteiger partial charge in [0.1, 0.15) is 11.4 Å². The monoisotopic (exact) mass is 427 g/mol. The third-order valence-corrected chi connectivity index (χ3v) is 5.96. The van der Waals surface area contributed by atoms with E-state index in [1.165, 1.54) is 12.1 Å². The van der Waals surface area contributed by atoms with E-state index in [0.717, 1.165) is 17.2 Å². The molecule has 0 fully saturated rings. The molecule has 0 spiro atoms. The Balaban J connectivity index is 1.77. The lowest BCUT2D eigenvalue weighted by Crippen LogP contribution is -2.29. The second-order valence-electron chi connectivity index (χ2n) is 9.10. The average molecular weight is 427 g/mol. The van der Waals surface area contributed by atoms with Crippen LogP contribution in [0.4, 0.5) is 10.1 Å². The fourth-order valence-electron chi connectivity index (χ4n) is 4.28. The Morgan fingerprint density at radius 3 is 2.25 bits per heavy atom. The van der Waals surface area contributed by atoms with Crippen molar-refractivity contribution in [2.45, 2.75) is 32.2 Å². The number of benzene rings is 3. The van der Waals surface area contributed by atoms with Crippen molar-refractivity contribution in [1.82, 2.24) is 0 Å². The number of nitrogens with zero attached hydrogens (tertiary/aromatic N) is 1. The van der Waals surface area contributed by atoms with E-state index in [4.69, 9.17) is 4.42 Å². The van der Waals surface area contributed by atoms with Gasteiger partial charge in [-0.2, -0.15) is 0 Å². The number of halogens is 1. The molecule has 1 aliphatic heterocycles. The third-order valence-electron chi connectivity index (χ3n) is 5.96. The number of carbonyl (C=O) groups excluding carboxylic acids is 1. The molecule has 3 aromatic carbocycles. The molecule has 4 aromatic rings. The number of fused-ring (bicyclic) bond motifs is 2. The number of carbonyl (C=O) groups is 1. The molecule has 5 heteroatoms. The lowest BCUT2D eigenvalue weighted by molar-refractivity contribution is 0.0971. The van der Waals surface area contributed by atoms with Gasteiger partial charge in [-0.3, -0.25) is 14.5 Å². The van der Waals surface area contributed by atoms with Crippen LogP contribution in [-0.4, -0.2) is 5.91 Å². The highest BCUT2D eigenvalue weighted by Gasteiger charge is 2.43. The first-order chi connectivity index (χ1) is 15.3. The minimum atomic E-state index is -0.669. The summed E-state index contributed by atoms with van der Waals surface area (Å²) in [4.78, 5) is 28.6. The molecule has 0 N–H and O–H groups in total. The molecule has 4 nitrogen and oxygen atoms in total. The Bertz CT molecular complexity index is 1400. The molecule has 5 rings (SSSR count). The molecule has 32 heavy (non-hydrogen) atoms. The Hall–Kier alpha value is -3.73. The summed E-state index contributed by atoms with van der Waals surface area (Å²) in [7, 11) is 0. The first-order valence-corrected chi connectivity index (χ1v) is 10.5. The molecule has 2 heterocycles. The van der Waals surface area contributed by atoms with Crippen molar-refractivity contribution in [2.75, 3.05) is 4.90 Å². The van der Waals surface area contributed by atoms with E-state index in [9.17, 15) is 14.0 Å². The highest BCUT2D eigenvalue weighted by molar-refractivity contribution is 6.10. The maximum atomic E-state index is 13.9. The average Bonchev–Trinajstić information content (AvgIpc) is 3.07. The van der Waals surface area contributed by atoms with Crippen molar-refractivity contribution >= 4 is 22.6 Å². The molecule has 0 aliphatic carbocycles. The van der Waals surface area contributed by atoms with Crippen LogP contribution >= 0.6 is 0 Å². The largest absolute Gasteiger partial charge is 0.450 e. The van der Waals surface area contributed by atoms with E-state index < -0.39 is 17.3 Å². The van der Waals surface area contributed by atoms with E-state index in [0.29, 0.717) is 5.69 Å². The molecule has 0 radical (unpaired) electrons. The molecular weight excluding hydrogens is 405 g/mol. The van der Waals surface area contributed by atoms with Crippen LogP contribution in [0.25, 0.3) is 11.0 Å². The molecule has 1 aromatic heterocycles. The predicted octanol–water partition coefficient (Wildman–Crippen LogP) is 5.98.